The van der Waals surface area contributed by atoms with Crippen LogP contribution in [0.4, 0.5) is 5.69 Å². The monoisotopic (exact) mass is 185 g/mol. The van der Waals surface area contributed by atoms with Crippen LogP contribution >= 0.6 is 0 Å². The van der Waals surface area contributed by atoms with E-state index in [2.05, 4.69) is 23.0 Å². The minimum Gasteiger partial charge on any atom is -0.371 e. The van der Waals surface area contributed by atoms with E-state index in [1.807, 2.05) is 12.1 Å². The highest BCUT2D eigenvalue weighted by atomic mass is 15.1. The van der Waals surface area contributed by atoms with Crippen LogP contribution in [0.3, 0.4) is 0 Å². The Morgan fingerprint density at radius 3 is 2.50 bits per heavy atom. The average Bonchev–Trinajstić information content (AvgIpc) is 2.30. The highest BCUT2D eigenvalue weighted by molar-refractivity contribution is 5.60. The molecule has 0 radical (unpaired) electrons. The van der Waals surface area contributed by atoms with E-state index in [9.17, 15) is 0 Å². The van der Waals surface area contributed by atoms with Gasteiger partial charge in [0.1, 0.15) is 0 Å². The van der Waals surface area contributed by atoms with E-state index in [-0.39, 0.29) is 0 Å². The summed E-state index contributed by atoms with van der Waals surface area (Å²) in [4.78, 5) is 2.40. The van der Waals surface area contributed by atoms with Gasteiger partial charge in [0.05, 0.1) is 5.69 Å². The molecule has 72 valence electrons. The smallest absolute Gasteiger partial charge is 0.0525 e. The number of hydrogen-bond acceptors (Lipinski definition) is 1. The van der Waals surface area contributed by atoms with Crippen LogP contribution in [-0.2, 0) is 0 Å². The van der Waals surface area contributed by atoms with Gasteiger partial charge >= 0.3 is 0 Å². The SMILES string of the molecule is C#Cc1ccccc1N1CCCCC1. The number of rotatable bonds is 1. The van der Waals surface area contributed by atoms with Gasteiger partial charge in [0.15, 0.2) is 0 Å². The highest BCUT2D eigenvalue weighted by Crippen LogP contribution is 2.22. The molecule has 0 spiro atoms. The molecule has 0 N–H and O–H groups in total. The first kappa shape index (κ1) is 9.15. The molecule has 1 saturated heterocycles. The van der Waals surface area contributed by atoms with Crippen molar-refractivity contribution in [2.24, 2.45) is 0 Å². The summed E-state index contributed by atoms with van der Waals surface area (Å²) in [5.74, 6) is 2.75. The molecule has 0 aliphatic carbocycles. The van der Waals surface area contributed by atoms with Crippen LogP contribution in [0.15, 0.2) is 24.3 Å². The molecule has 0 saturated carbocycles. The van der Waals surface area contributed by atoms with E-state index in [1.165, 1.54) is 24.9 Å². The van der Waals surface area contributed by atoms with Gasteiger partial charge in [0, 0.05) is 18.7 Å². The molecule has 1 fully saturated rings. The Morgan fingerprint density at radius 1 is 1.07 bits per heavy atom. The van der Waals surface area contributed by atoms with Crippen LogP contribution in [0.2, 0.25) is 0 Å². The first-order valence-electron chi connectivity index (χ1n) is 5.22. The van der Waals surface area contributed by atoms with Crippen molar-refractivity contribution in [2.45, 2.75) is 19.3 Å². The summed E-state index contributed by atoms with van der Waals surface area (Å²) in [5.41, 5.74) is 2.25. The van der Waals surface area contributed by atoms with Gasteiger partial charge in [-0.3, -0.25) is 0 Å². The Labute approximate surface area is 85.7 Å². The zero-order valence-electron chi connectivity index (χ0n) is 8.37. The summed E-state index contributed by atoms with van der Waals surface area (Å²) >= 11 is 0. The number of terminal acetylenes is 1. The zero-order chi connectivity index (χ0) is 9.80. The molecule has 0 bridgehead atoms. The van der Waals surface area contributed by atoms with Crippen molar-refractivity contribution in [3.63, 3.8) is 0 Å². The Kier molecular flexibility index (Phi) is 2.74. The second-order valence-corrected chi connectivity index (χ2v) is 3.71. The van der Waals surface area contributed by atoms with Crippen molar-refractivity contribution in [1.29, 1.82) is 0 Å². The Morgan fingerprint density at radius 2 is 1.79 bits per heavy atom. The van der Waals surface area contributed by atoms with Gasteiger partial charge in [-0.05, 0) is 31.4 Å². The first-order valence-corrected chi connectivity index (χ1v) is 5.22. The van der Waals surface area contributed by atoms with E-state index in [0.717, 1.165) is 18.7 Å². The van der Waals surface area contributed by atoms with Crippen molar-refractivity contribution in [2.75, 3.05) is 18.0 Å². The van der Waals surface area contributed by atoms with Gasteiger partial charge in [-0.25, -0.2) is 0 Å². The summed E-state index contributed by atoms with van der Waals surface area (Å²) in [6.07, 6.45) is 9.42. The van der Waals surface area contributed by atoms with Crippen molar-refractivity contribution < 1.29 is 0 Å². The molecule has 1 heteroatoms. The zero-order valence-corrected chi connectivity index (χ0v) is 8.37. The molecule has 2 rings (SSSR count). The van der Waals surface area contributed by atoms with Gasteiger partial charge < -0.3 is 4.90 Å². The maximum Gasteiger partial charge on any atom is 0.0525 e. The van der Waals surface area contributed by atoms with Gasteiger partial charge in [-0.2, -0.15) is 0 Å². The molecule has 1 aromatic rings. The third-order valence-electron chi connectivity index (χ3n) is 2.76. The minimum atomic E-state index is 1.02. The molecule has 1 heterocycles. The predicted molar refractivity (Wildman–Crippen MR) is 60.4 cm³/mol. The van der Waals surface area contributed by atoms with Gasteiger partial charge in [-0.15, -0.1) is 6.42 Å². The Hall–Kier alpha value is -1.42. The first-order chi connectivity index (χ1) is 6.92. The standard InChI is InChI=1S/C13H15N/c1-2-12-8-4-5-9-13(12)14-10-6-3-7-11-14/h1,4-5,8-9H,3,6-7,10-11H2. The summed E-state index contributed by atoms with van der Waals surface area (Å²) < 4.78 is 0. The number of anilines is 1. The maximum absolute atomic E-state index is 5.48. The van der Waals surface area contributed by atoms with E-state index >= 15 is 0 Å². The summed E-state index contributed by atoms with van der Waals surface area (Å²) in [7, 11) is 0. The molecule has 0 amide bonds. The second kappa shape index (κ2) is 4.19. The van der Waals surface area contributed by atoms with Gasteiger partial charge in [0.25, 0.3) is 0 Å². The van der Waals surface area contributed by atoms with Crippen LogP contribution in [0.1, 0.15) is 24.8 Å². The van der Waals surface area contributed by atoms with Crippen molar-refractivity contribution in [3.05, 3.63) is 29.8 Å². The lowest BCUT2D eigenvalue weighted by Crippen LogP contribution is -2.29. The maximum atomic E-state index is 5.48. The number of piperidine rings is 1. The van der Waals surface area contributed by atoms with E-state index < -0.39 is 0 Å². The third-order valence-corrected chi connectivity index (χ3v) is 2.76. The Balaban J connectivity index is 2.26. The summed E-state index contributed by atoms with van der Waals surface area (Å²) in [6, 6.07) is 8.21. The van der Waals surface area contributed by atoms with Crippen molar-refractivity contribution in [1.82, 2.24) is 0 Å². The van der Waals surface area contributed by atoms with Crippen LogP contribution in [-0.4, -0.2) is 13.1 Å². The lowest BCUT2D eigenvalue weighted by Gasteiger charge is -2.29. The molecule has 0 atom stereocenters. The van der Waals surface area contributed by atoms with Gasteiger partial charge in [0.2, 0.25) is 0 Å². The van der Waals surface area contributed by atoms with Crippen LogP contribution in [0, 0.1) is 12.3 Å². The minimum absolute atomic E-state index is 1.02. The third kappa shape index (κ3) is 1.75. The normalized spacial score (nSPS) is 16.4. The lowest BCUT2D eigenvalue weighted by molar-refractivity contribution is 0.577. The Bertz CT molecular complexity index is 342. The molecule has 0 unspecified atom stereocenters. The van der Waals surface area contributed by atoms with Crippen LogP contribution in [0.25, 0.3) is 0 Å². The molecule has 1 aliphatic heterocycles. The molecule has 1 aromatic carbocycles. The largest absolute Gasteiger partial charge is 0.371 e. The fraction of sp³-hybridized carbons (Fsp3) is 0.385. The molecule has 0 aromatic heterocycles. The quantitative estimate of drug-likeness (QED) is 0.608. The molecule has 1 nitrogen and oxygen atoms in total. The molecular formula is C13H15N. The average molecular weight is 185 g/mol. The van der Waals surface area contributed by atoms with E-state index in [1.54, 1.807) is 0 Å². The second-order valence-electron chi connectivity index (χ2n) is 3.71. The summed E-state index contributed by atoms with van der Waals surface area (Å²) in [5, 5.41) is 0. The van der Waals surface area contributed by atoms with Gasteiger partial charge in [-0.1, -0.05) is 18.1 Å². The number of hydrogen-bond donors (Lipinski definition) is 0. The lowest BCUT2D eigenvalue weighted by atomic mass is 10.1. The fourth-order valence-electron chi connectivity index (χ4n) is 2.01. The topological polar surface area (TPSA) is 3.24 Å². The fourth-order valence-corrected chi connectivity index (χ4v) is 2.01. The molecule has 14 heavy (non-hydrogen) atoms. The number of para-hydroxylation sites is 1. The highest BCUT2D eigenvalue weighted by Gasteiger charge is 2.12. The van der Waals surface area contributed by atoms with Crippen molar-refractivity contribution >= 4 is 5.69 Å². The molecular weight excluding hydrogens is 170 g/mol. The van der Waals surface area contributed by atoms with E-state index in [0.29, 0.717) is 0 Å². The van der Waals surface area contributed by atoms with Crippen LogP contribution in [0.5, 0.6) is 0 Å². The molecule has 1 aliphatic rings. The number of nitrogens with zero attached hydrogens (tertiary/aromatic N) is 1. The predicted octanol–water partition coefficient (Wildman–Crippen LogP) is 2.66. The number of benzene rings is 1. The summed E-state index contributed by atoms with van der Waals surface area (Å²) in [6.45, 7) is 2.30. The van der Waals surface area contributed by atoms with E-state index in [4.69, 9.17) is 6.42 Å². The van der Waals surface area contributed by atoms with Crippen LogP contribution < -0.4 is 4.90 Å². The van der Waals surface area contributed by atoms with Crippen molar-refractivity contribution in [3.8, 4) is 12.3 Å².